The van der Waals surface area contributed by atoms with Crippen LogP contribution in [0, 0.1) is 0 Å². The van der Waals surface area contributed by atoms with E-state index in [1.54, 1.807) is 41.5 Å². The molecule has 1 rings (SSSR count). The van der Waals surface area contributed by atoms with Crippen LogP contribution in [0.25, 0.3) is 0 Å². The van der Waals surface area contributed by atoms with Crippen molar-refractivity contribution in [1.29, 1.82) is 0 Å². The van der Waals surface area contributed by atoms with E-state index in [1.807, 2.05) is 0 Å². The Morgan fingerprint density at radius 2 is 1.60 bits per heavy atom. The Morgan fingerprint density at radius 3 is 1.96 bits per heavy atom. The average molecular weight is 358 g/mol. The normalized spacial score (nSPS) is 20.5. The summed E-state index contributed by atoms with van der Waals surface area (Å²) in [5.41, 5.74) is -1.58. The second-order valence-corrected chi connectivity index (χ2v) is 7.73. The zero-order chi connectivity index (χ0) is 19.6. The van der Waals surface area contributed by atoms with Crippen LogP contribution in [0.15, 0.2) is 0 Å². The lowest BCUT2D eigenvalue weighted by Gasteiger charge is -2.36. The Bertz CT molecular complexity index is 574. The van der Waals surface area contributed by atoms with Gasteiger partial charge in [-0.25, -0.2) is 19.8 Å². The summed E-state index contributed by atoms with van der Waals surface area (Å²) in [5, 5.41) is 0.573. The SMILES string of the molecule is CC(=O)[C@@]1(N(NC(=O)OC(C)(C)C)C(=O)OC(C)(C)C)CCOC1=O. The number of cyclic esters (lactones) is 1. The van der Waals surface area contributed by atoms with Gasteiger partial charge in [-0.3, -0.25) is 4.79 Å². The number of nitrogens with zero attached hydrogens (tertiary/aromatic N) is 1. The van der Waals surface area contributed by atoms with Crippen LogP contribution in [0.1, 0.15) is 54.9 Å². The minimum Gasteiger partial charge on any atom is -0.463 e. The van der Waals surface area contributed by atoms with Gasteiger partial charge in [-0.2, -0.15) is 5.01 Å². The predicted octanol–water partition coefficient (Wildman–Crippen LogP) is 1.94. The first-order valence-corrected chi connectivity index (χ1v) is 7.90. The van der Waals surface area contributed by atoms with Crippen LogP contribution in [0.3, 0.4) is 0 Å². The molecule has 0 aromatic heterocycles. The Kier molecular flexibility index (Phi) is 5.71. The molecule has 25 heavy (non-hydrogen) atoms. The van der Waals surface area contributed by atoms with Crippen molar-refractivity contribution in [3.63, 3.8) is 0 Å². The van der Waals surface area contributed by atoms with Gasteiger partial charge in [0.2, 0.25) is 5.54 Å². The molecule has 0 bridgehead atoms. The molecule has 2 amide bonds. The van der Waals surface area contributed by atoms with Gasteiger partial charge in [0.1, 0.15) is 11.2 Å². The van der Waals surface area contributed by atoms with E-state index in [1.165, 1.54) is 0 Å². The average Bonchev–Trinajstić information content (AvgIpc) is 2.74. The maximum Gasteiger partial charge on any atom is 0.430 e. The summed E-state index contributed by atoms with van der Waals surface area (Å²) in [5.74, 6) is -1.58. The van der Waals surface area contributed by atoms with E-state index < -0.39 is 40.7 Å². The Hall–Kier alpha value is -2.32. The Balaban J connectivity index is 3.23. The number of hydrogen-bond acceptors (Lipinski definition) is 7. The fraction of sp³-hybridized carbons (Fsp3) is 0.750. The molecule has 0 aliphatic carbocycles. The lowest BCUT2D eigenvalue weighted by molar-refractivity contribution is -0.154. The first-order chi connectivity index (χ1) is 11.2. The number of ether oxygens (including phenoxy) is 3. The van der Waals surface area contributed by atoms with Gasteiger partial charge in [0.05, 0.1) is 6.61 Å². The molecule has 1 N–H and O–H groups in total. The van der Waals surface area contributed by atoms with E-state index in [4.69, 9.17) is 14.2 Å². The molecule has 0 radical (unpaired) electrons. The van der Waals surface area contributed by atoms with Gasteiger partial charge in [-0.1, -0.05) is 0 Å². The molecule has 9 nitrogen and oxygen atoms in total. The highest BCUT2D eigenvalue weighted by molar-refractivity contribution is 6.10. The third-order valence-corrected chi connectivity index (χ3v) is 3.18. The quantitative estimate of drug-likeness (QED) is 0.347. The Labute approximate surface area is 146 Å². The summed E-state index contributed by atoms with van der Waals surface area (Å²) in [6.45, 7) is 10.8. The number of Topliss-reactive ketones (excluding diaryl/α,β-unsaturated/α-hetero) is 1. The molecule has 0 aromatic carbocycles. The van der Waals surface area contributed by atoms with Gasteiger partial charge in [-0.05, 0) is 48.5 Å². The van der Waals surface area contributed by atoms with Crippen molar-refractivity contribution in [2.24, 2.45) is 0 Å². The highest BCUT2D eigenvalue weighted by Crippen LogP contribution is 2.29. The van der Waals surface area contributed by atoms with Crippen LogP contribution in [0.4, 0.5) is 9.59 Å². The fourth-order valence-corrected chi connectivity index (χ4v) is 2.19. The van der Waals surface area contributed by atoms with Crippen molar-refractivity contribution in [3.8, 4) is 0 Å². The minimum absolute atomic E-state index is 0.0618. The number of hydrogen-bond donors (Lipinski definition) is 1. The number of nitrogens with one attached hydrogen (secondary N) is 1. The number of esters is 1. The fourth-order valence-electron chi connectivity index (χ4n) is 2.19. The van der Waals surface area contributed by atoms with Crippen LogP contribution in [-0.2, 0) is 23.8 Å². The molecule has 0 unspecified atom stereocenters. The lowest BCUT2D eigenvalue weighted by atomic mass is 9.92. The van der Waals surface area contributed by atoms with Gasteiger partial charge in [-0.15, -0.1) is 0 Å². The highest BCUT2D eigenvalue weighted by Gasteiger charge is 2.58. The van der Waals surface area contributed by atoms with Crippen LogP contribution in [-0.4, -0.2) is 52.3 Å². The number of ketones is 1. The van der Waals surface area contributed by atoms with Gasteiger partial charge in [0, 0.05) is 6.42 Å². The minimum atomic E-state index is -1.99. The highest BCUT2D eigenvalue weighted by atomic mass is 16.6. The molecule has 1 aliphatic rings. The van der Waals surface area contributed by atoms with Crippen molar-refractivity contribution in [2.45, 2.75) is 71.6 Å². The van der Waals surface area contributed by atoms with Gasteiger partial charge in [0.25, 0.3) is 0 Å². The molecular formula is C16H26N2O7. The molecular weight excluding hydrogens is 332 g/mol. The molecule has 0 spiro atoms. The Morgan fingerprint density at radius 1 is 1.08 bits per heavy atom. The van der Waals surface area contributed by atoms with Crippen molar-refractivity contribution in [2.75, 3.05) is 6.61 Å². The molecule has 9 heteroatoms. The number of carbonyl (C=O) groups is 4. The van der Waals surface area contributed by atoms with E-state index in [0.29, 0.717) is 5.01 Å². The molecule has 1 aliphatic heterocycles. The molecule has 1 saturated heterocycles. The lowest BCUT2D eigenvalue weighted by Crippen LogP contribution is -2.66. The first kappa shape index (κ1) is 20.7. The number of amides is 2. The molecule has 0 saturated carbocycles. The maximum atomic E-state index is 12.6. The molecule has 0 aromatic rings. The van der Waals surface area contributed by atoms with Crippen molar-refractivity contribution in [1.82, 2.24) is 10.4 Å². The second kappa shape index (κ2) is 6.89. The van der Waals surface area contributed by atoms with Crippen LogP contribution >= 0.6 is 0 Å². The van der Waals surface area contributed by atoms with E-state index in [-0.39, 0.29) is 13.0 Å². The third kappa shape index (κ3) is 5.07. The maximum absolute atomic E-state index is 12.6. The molecule has 1 fully saturated rings. The first-order valence-electron chi connectivity index (χ1n) is 7.90. The summed E-state index contributed by atoms with van der Waals surface area (Å²) in [7, 11) is 0. The number of hydrazine groups is 1. The van der Waals surface area contributed by atoms with Gasteiger partial charge in [0.15, 0.2) is 5.78 Å². The van der Waals surface area contributed by atoms with E-state index in [0.717, 1.165) is 6.92 Å². The largest absolute Gasteiger partial charge is 0.463 e. The summed E-state index contributed by atoms with van der Waals surface area (Å²) < 4.78 is 15.2. The smallest absolute Gasteiger partial charge is 0.430 e. The van der Waals surface area contributed by atoms with E-state index in [2.05, 4.69) is 5.43 Å². The predicted molar refractivity (Wildman–Crippen MR) is 86.4 cm³/mol. The topological polar surface area (TPSA) is 111 Å². The second-order valence-electron chi connectivity index (χ2n) is 7.73. The molecule has 1 heterocycles. The van der Waals surface area contributed by atoms with Crippen LogP contribution in [0.2, 0.25) is 0 Å². The van der Waals surface area contributed by atoms with Gasteiger partial charge < -0.3 is 14.2 Å². The van der Waals surface area contributed by atoms with Crippen molar-refractivity contribution in [3.05, 3.63) is 0 Å². The van der Waals surface area contributed by atoms with Crippen molar-refractivity contribution < 1.29 is 33.4 Å². The van der Waals surface area contributed by atoms with Crippen molar-refractivity contribution >= 4 is 23.9 Å². The third-order valence-electron chi connectivity index (χ3n) is 3.18. The summed E-state index contributed by atoms with van der Waals surface area (Å²) >= 11 is 0. The monoisotopic (exact) mass is 358 g/mol. The number of carbonyl (C=O) groups excluding carboxylic acids is 4. The summed E-state index contributed by atoms with van der Waals surface area (Å²) in [4.78, 5) is 49.1. The molecule has 1 atom stereocenters. The number of rotatable bonds is 2. The standard InChI is InChI=1S/C16H26N2O7/c1-10(19)16(8-9-23-11(16)20)18(13(22)25-15(5,6)7)17-12(21)24-14(2,3)4/h8-9H2,1-7H3,(H,17,21)/t16-/m0/s1. The molecule has 142 valence electrons. The zero-order valence-electron chi connectivity index (χ0n) is 15.7. The zero-order valence-corrected chi connectivity index (χ0v) is 15.7. The summed E-state index contributed by atoms with van der Waals surface area (Å²) in [6, 6.07) is 0. The van der Waals surface area contributed by atoms with Gasteiger partial charge >= 0.3 is 18.2 Å². The van der Waals surface area contributed by atoms with Crippen LogP contribution in [0.5, 0.6) is 0 Å². The van der Waals surface area contributed by atoms with E-state index in [9.17, 15) is 19.2 Å². The van der Waals surface area contributed by atoms with E-state index >= 15 is 0 Å². The van der Waals surface area contributed by atoms with Crippen LogP contribution < -0.4 is 5.43 Å². The summed E-state index contributed by atoms with van der Waals surface area (Å²) in [6.07, 6.45) is -2.16.